The normalized spacial score (nSPS) is 13.5. The van der Waals surface area contributed by atoms with Crippen molar-refractivity contribution in [3.63, 3.8) is 0 Å². The first-order valence-electron chi connectivity index (χ1n) is 7.26. The topological polar surface area (TPSA) is 102 Å². The minimum Gasteiger partial charge on any atom is -0.330 e. The molecule has 0 radical (unpaired) electrons. The van der Waals surface area contributed by atoms with Crippen molar-refractivity contribution in [2.24, 2.45) is 16.8 Å². The van der Waals surface area contributed by atoms with E-state index < -0.39 is 11.9 Å². The second-order valence-electron chi connectivity index (χ2n) is 5.19. The van der Waals surface area contributed by atoms with E-state index in [1.165, 1.54) is 0 Å². The van der Waals surface area contributed by atoms with E-state index in [4.69, 9.17) is 11.5 Å². The van der Waals surface area contributed by atoms with Crippen LogP contribution in [-0.4, -0.2) is 29.5 Å². The smallest absolute Gasteiger partial charge is 0.262 e. The Balaban J connectivity index is 2.59. The van der Waals surface area contributed by atoms with Gasteiger partial charge < -0.3 is 11.5 Å². The molecule has 6 heteroatoms. The quantitative estimate of drug-likeness (QED) is 0.410. The lowest BCUT2D eigenvalue weighted by atomic mass is 10.1. The Morgan fingerprint density at radius 1 is 1.29 bits per heavy atom. The molecule has 0 bridgehead atoms. The van der Waals surface area contributed by atoms with Crippen molar-refractivity contribution in [3.05, 3.63) is 40.8 Å². The maximum atomic E-state index is 12.2. The number of benzene rings is 1. The zero-order chi connectivity index (χ0) is 15.7. The second-order valence-corrected chi connectivity index (χ2v) is 5.19. The SMILES string of the molecule is C[C@@H](Cc1ccccc1)N(N=O)C(=O)[C@@H](N)CCCCN. The van der Waals surface area contributed by atoms with Gasteiger partial charge in [0.2, 0.25) is 0 Å². The zero-order valence-electron chi connectivity index (χ0n) is 12.4. The number of carbonyl (C=O) groups is 1. The third-order valence-corrected chi connectivity index (χ3v) is 3.39. The molecule has 2 atom stereocenters. The molecule has 6 nitrogen and oxygen atoms in total. The minimum absolute atomic E-state index is 0.321. The molecule has 0 saturated carbocycles. The van der Waals surface area contributed by atoms with Gasteiger partial charge in [-0.2, -0.15) is 5.01 Å². The van der Waals surface area contributed by atoms with Gasteiger partial charge in [0.05, 0.1) is 17.4 Å². The number of unbranched alkanes of at least 4 members (excludes halogenated alkanes) is 1. The standard InChI is InChI=1S/C15H24N4O2/c1-12(11-13-7-3-2-4-8-13)19(18-21)15(20)14(17)9-5-6-10-16/h2-4,7-8,12,14H,5-6,9-11,16-17H2,1H3/t12-,14-/m0/s1. The molecule has 0 fully saturated rings. The Labute approximate surface area is 125 Å². The molecule has 1 aromatic carbocycles. The van der Waals surface area contributed by atoms with Crippen LogP contribution in [0.15, 0.2) is 35.6 Å². The Morgan fingerprint density at radius 2 is 1.95 bits per heavy atom. The van der Waals surface area contributed by atoms with Gasteiger partial charge in [-0.25, -0.2) is 0 Å². The fourth-order valence-corrected chi connectivity index (χ4v) is 2.18. The molecule has 0 aliphatic carbocycles. The molecule has 0 aliphatic heterocycles. The number of nitrogens with two attached hydrogens (primary N) is 2. The van der Waals surface area contributed by atoms with E-state index in [1.807, 2.05) is 30.3 Å². The number of nitrogens with zero attached hydrogens (tertiary/aromatic N) is 2. The first-order valence-corrected chi connectivity index (χ1v) is 7.26. The summed E-state index contributed by atoms with van der Waals surface area (Å²) in [5.74, 6) is -0.426. The maximum Gasteiger partial charge on any atom is 0.262 e. The molecule has 0 unspecified atom stereocenters. The van der Waals surface area contributed by atoms with E-state index >= 15 is 0 Å². The van der Waals surface area contributed by atoms with Crippen molar-refractivity contribution in [2.45, 2.75) is 44.7 Å². The van der Waals surface area contributed by atoms with Gasteiger partial charge in [0.15, 0.2) is 0 Å². The Bertz CT molecular complexity index is 439. The van der Waals surface area contributed by atoms with Crippen LogP contribution in [0.1, 0.15) is 31.7 Å². The summed E-state index contributed by atoms with van der Waals surface area (Å²) in [4.78, 5) is 23.2. The monoisotopic (exact) mass is 292 g/mol. The lowest BCUT2D eigenvalue weighted by Gasteiger charge is -2.24. The molecule has 0 saturated heterocycles. The van der Waals surface area contributed by atoms with Crippen molar-refractivity contribution < 1.29 is 4.79 Å². The molecule has 0 heterocycles. The molecule has 1 aromatic rings. The molecule has 1 amide bonds. The lowest BCUT2D eigenvalue weighted by Crippen LogP contribution is -2.45. The zero-order valence-corrected chi connectivity index (χ0v) is 12.4. The number of hydrogen-bond acceptors (Lipinski definition) is 5. The average molecular weight is 292 g/mol. The summed E-state index contributed by atoms with van der Waals surface area (Å²) >= 11 is 0. The highest BCUT2D eigenvalue weighted by Crippen LogP contribution is 2.12. The fraction of sp³-hybridized carbons (Fsp3) is 0.533. The molecule has 0 aliphatic rings. The van der Waals surface area contributed by atoms with Crippen LogP contribution in [0.25, 0.3) is 0 Å². The Kier molecular flexibility index (Phi) is 7.56. The highest BCUT2D eigenvalue weighted by molar-refractivity contribution is 5.81. The molecular formula is C15H24N4O2. The predicted molar refractivity (Wildman–Crippen MR) is 83.1 cm³/mol. The van der Waals surface area contributed by atoms with Crippen molar-refractivity contribution in [1.29, 1.82) is 0 Å². The van der Waals surface area contributed by atoms with E-state index in [2.05, 4.69) is 5.29 Å². The summed E-state index contributed by atoms with van der Waals surface area (Å²) in [5, 5.41) is 3.82. The maximum absolute atomic E-state index is 12.2. The van der Waals surface area contributed by atoms with Crippen LogP contribution in [0.5, 0.6) is 0 Å². The van der Waals surface area contributed by atoms with Gasteiger partial charge in [-0.15, -0.1) is 4.91 Å². The summed E-state index contributed by atoms with van der Waals surface area (Å²) in [7, 11) is 0. The third-order valence-electron chi connectivity index (χ3n) is 3.39. The Hall–Kier alpha value is -1.79. The largest absolute Gasteiger partial charge is 0.330 e. The predicted octanol–water partition coefficient (Wildman–Crippen LogP) is 1.58. The first kappa shape index (κ1) is 17.3. The second kappa shape index (κ2) is 9.20. The van der Waals surface area contributed by atoms with Gasteiger partial charge in [0.25, 0.3) is 5.91 Å². The first-order chi connectivity index (χ1) is 10.1. The van der Waals surface area contributed by atoms with Gasteiger partial charge in [-0.3, -0.25) is 4.79 Å². The van der Waals surface area contributed by atoms with Gasteiger partial charge in [0, 0.05) is 0 Å². The number of hydrogen-bond donors (Lipinski definition) is 2. The summed E-state index contributed by atoms with van der Waals surface area (Å²) < 4.78 is 0. The molecule has 0 aromatic heterocycles. The minimum atomic E-state index is -0.701. The van der Waals surface area contributed by atoms with Crippen LogP contribution in [0.2, 0.25) is 0 Å². The number of carbonyl (C=O) groups excluding carboxylic acids is 1. The fourth-order valence-electron chi connectivity index (χ4n) is 2.18. The number of amides is 1. The van der Waals surface area contributed by atoms with Crippen LogP contribution in [0.4, 0.5) is 0 Å². The Morgan fingerprint density at radius 3 is 2.52 bits per heavy atom. The summed E-state index contributed by atoms with van der Waals surface area (Å²) in [6, 6.07) is 8.63. The van der Waals surface area contributed by atoms with E-state index in [9.17, 15) is 9.70 Å². The summed E-state index contributed by atoms with van der Waals surface area (Å²) in [6.45, 7) is 2.36. The third kappa shape index (κ3) is 5.61. The number of nitroso groups, excluding NO2 is 1. The van der Waals surface area contributed by atoms with Gasteiger partial charge in [0.1, 0.15) is 0 Å². The van der Waals surface area contributed by atoms with Crippen LogP contribution in [0.3, 0.4) is 0 Å². The van der Waals surface area contributed by atoms with Crippen LogP contribution in [0, 0.1) is 4.91 Å². The van der Waals surface area contributed by atoms with Crippen molar-refractivity contribution in [3.8, 4) is 0 Å². The molecular weight excluding hydrogens is 268 g/mol. The summed E-state index contributed by atoms with van der Waals surface area (Å²) in [6.07, 6.45) is 2.66. The molecule has 1 rings (SSSR count). The average Bonchev–Trinajstić information content (AvgIpc) is 2.49. The number of rotatable bonds is 9. The van der Waals surface area contributed by atoms with Gasteiger partial charge in [-0.1, -0.05) is 36.8 Å². The molecule has 21 heavy (non-hydrogen) atoms. The summed E-state index contributed by atoms with van der Waals surface area (Å²) in [5.41, 5.74) is 12.3. The lowest BCUT2D eigenvalue weighted by molar-refractivity contribution is -0.135. The van der Waals surface area contributed by atoms with Crippen LogP contribution >= 0.6 is 0 Å². The molecule has 116 valence electrons. The highest BCUT2D eigenvalue weighted by Gasteiger charge is 2.26. The van der Waals surface area contributed by atoms with Gasteiger partial charge in [-0.05, 0) is 38.3 Å². The van der Waals surface area contributed by atoms with Crippen molar-refractivity contribution in [2.75, 3.05) is 6.54 Å². The van der Waals surface area contributed by atoms with Crippen LogP contribution in [-0.2, 0) is 11.2 Å². The van der Waals surface area contributed by atoms with Crippen molar-refractivity contribution >= 4 is 5.91 Å². The molecule has 4 N–H and O–H groups in total. The van der Waals surface area contributed by atoms with Crippen LogP contribution < -0.4 is 11.5 Å². The van der Waals surface area contributed by atoms with E-state index in [0.29, 0.717) is 19.4 Å². The van der Waals surface area contributed by atoms with Crippen molar-refractivity contribution in [1.82, 2.24) is 5.01 Å². The highest BCUT2D eigenvalue weighted by atomic mass is 16.3. The molecule has 0 spiro atoms. The van der Waals surface area contributed by atoms with Gasteiger partial charge >= 0.3 is 0 Å². The van der Waals surface area contributed by atoms with E-state index in [0.717, 1.165) is 23.4 Å². The van der Waals surface area contributed by atoms with E-state index in [-0.39, 0.29) is 6.04 Å². The van der Waals surface area contributed by atoms with E-state index in [1.54, 1.807) is 6.92 Å².